The minimum absolute atomic E-state index is 0.602. The number of rotatable bonds is 2. The van der Waals surface area contributed by atoms with E-state index in [1.54, 1.807) is 0 Å². The molecule has 1 unspecified atom stereocenters. The number of hydrogen-bond acceptors (Lipinski definition) is 2. The van der Waals surface area contributed by atoms with Gasteiger partial charge in [-0.2, -0.15) is 0 Å². The van der Waals surface area contributed by atoms with Crippen molar-refractivity contribution in [2.24, 2.45) is 0 Å². The summed E-state index contributed by atoms with van der Waals surface area (Å²) in [7, 11) is 3.96. The maximum absolute atomic E-state index is 4.50. The van der Waals surface area contributed by atoms with Crippen molar-refractivity contribution >= 4 is 9.47 Å². The van der Waals surface area contributed by atoms with Gasteiger partial charge in [0.15, 0.2) is 0 Å². The van der Waals surface area contributed by atoms with E-state index in [0.717, 1.165) is 0 Å². The topological polar surface area (TPSA) is 21.3 Å². The minimum Gasteiger partial charge on any atom is -0.351 e. The Balaban J connectivity index is 2.19. The summed E-state index contributed by atoms with van der Waals surface area (Å²) in [5.74, 6) is 0. The Hall–Kier alpha value is 0.350. The van der Waals surface area contributed by atoms with E-state index in [-0.39, 0.29) is 0 Å². The zero-order chi connectivity index (χ0) is 4.12. The number of hydrogen-bond donors (Lipinski definition) is 1. The van der Waals surface area contributed by atoms with Crippen molar-refractivity contribution in [2.45, 2.75) is 0 Å². The van der Waals surface area contributed by atoms with Crippen LogP contribution in [-0.2, 0) is 4.52 Å². The van der Waals surface area contributed by atoms with Gasteiger partial charge in [0.2, 0.25) is 0 Å². The van der Waals surface area contributed by atoms with Crippen LogP contribution >= 0.6 is 9.47 Å². The molecule has 0 aliphatic rings. The number of nitrogens with one attached hydrogen (secondary N) is 1. The van der Waals surface area contributed by atoms with E-state index < -0.39 is 0 Å². The molecule has 1 N–H and O–H groups in total. The summed E-state index contributed by atoms with van der Waals surface area (Å²) in [5, 5.41) is 2.77. The molecule has 0 radical (unpaired) electrons. The van der Waals surface area contributed by atoms with Crippen LogP contribution in [-0.4, -0.2) is 13.8 Å². The molecule has 0 aromatic heterocycles. The van der Waals surface area contributed by atoms with Crippen LogP contribution in [0.2, 0.25) is 0 Å². The summed E-state index contributed by atoms with van der Waals surface area (Å²) in [6.07, 6.45) is 0. The van der Waals surface area contributed by atoms with Crippen molar-refractivity contribution in [3.63, 3.8) is 0 Å². The summed E-state index contributed by atoms with van der Waals surface area (Å²) in [5.41, 5.74) is 0. The van der Waals surface area contributed by atoms with E-state index in [2.05, 4.69) is 19.3 Å². The quantitative estimate of drug-likeness (QED) is 0.382. The Labute approximate surface area is 34.2 Å². The third kappa shape index (κ3) is 4.35. The third-order valence-corrected chi connectivity index (χ3v) is 0.394. The molecule has 3 heteroatoms. The maximum atomic E-state index is 4.50. The predicted octanol–water partition coefficient (Wildman–Crippen LogP) is -0.0300. The van der Waals surface area contributed by atoms with Crippen LogP contribution in [0.3, 0.4) is 0 Å². The molecule has 0 aromatic rings. The Bertz CT molecular complexity index is 17.1. The summed E-state index contributed by atoms with van der Waals surface area (Å²) in [4.78, 5) is 0. The summed E-state index contributed by atoms with van der Waals surface area (Å²) >= 11 is 0. The van der Waals surface area contributed by atoms with E-state index in [4.69, 9.17) is 0 Å². The maximum Gasteiger partial charge on any atom is 0.0999 e. The first-order valence-electron chi connectivity index (χ1n) is 1.38. The van der Waals surface area contributed by atoms with Crippen LogP contribution in [0.25, 0.3) is 0 Å². The van der Waals surface area contributed by atoms with Crippen LogP contribution in [0.4, 0.5) is 0 Å². The zero-order valence-electron chi connectivity index (χ0n) is 3.19. The highest BCUT2D eigenvalue weighted by Crippen LogP contribution is 1.75. The molecule has 0 amide bonds. The molecule has 0 aromatic carbocycles. The molecule has 32 valence electrons. The summed E-state index contributed by atoms with van der Waals surface area (Å²) < 4.78 is 4.50. The van der Waals surface area contributed by atoms with Gasteiger partial charge in [0.25, 0.3) is 0 Å². The molecule has 5 heavy (non-hydrogen) atoms. The molecule has 0 fully saturated rings. The zero-order valence-corrected chi connectivity index (χ0v) is 4.35. The van der Waals surface area contributed by atoms with Gasteiger partial charge in [0, 0.05) is 9.47 Å². The van der Waals surface area contributed by atoms with E-state index >= 15 is 0 Å². The highest BCUT2D eigenvalue weighted by molar-refractivity contribution is 7.09. The van der Waals surface area contributed by atoms with Crippen LogP contribution in [0.15, 0.2) is 0 Å². The third-order valence-electron chi connectivity index (χ3n) is 0.228. The van der Waals surface area contributed by atoms with Gasteiger partial charge >= 0.3 is 0 Å². The van der Waals surface area contributed by atoms with E-state index in [0.29, 0.717) is 6.73 Å². The molecule has 1 atom stereocenters. The Kier molecular flexibility index (Phi) is 4.65. The standard InChI is InChI=1S/C2H8NOP/c1-3-2-4-5/h3H,2,5H2,1H3. The Morgan fingerprint density at radius 3 is 2.60 bits per heavy atom. The van der Waals surface area contributed by atoms with Crippen molar-refractivity contribution in [3.8, 4) is 0 Å². The van der Waals surface area contributed by atoms with E-state index in [1.807, 2.05) is 7.05 Å². The van der Waals surface area contributed by atoms with Gasteiger partial charge in [-0.1, -0.05) is 0 Å². The first-order chi connectivity index (χ1) is 2.41. The first-order valence-corrected chi connectivity index (χ1v) is 1.85. The van der Waals surface area contributed by atoms with Crippen molar-refractivity contribution < 1.29 is 4.52 Å². The summed E-state index contributed by atoms with van der Waals surface area (Å²) in [6, 6.07) is 0. The van der Waals surface area contributed by atoms with Crippen molar-refractivity contribution in [3.05, 3.63) is 0 Å². The van der Waals surface area contributed by atoms with Crippen LogP contribution in [0.5, 0.6) is 0 Å². The molecular formula is C2H8NOP. The van der Waals surface area contributed by atoms with Gasteiger partial charge in [-0.3, -0.25) is 5.32 Å². The molecule has 0 saturated carbocycles. The van der Waals surface area contributed by atoms with Crippen molar-refractivity contribution in [1.29, 1.82) is 0 Å². The van der Waals surface area contributed by atoms with E-state index in [1.165, 1.54) is 0 Å². The minimum atomic E-state index is 0.602. The lowest BCUT2D eigenvalue weighted by atomic mass is 11.2. The smallest absolute Gasteiger partial charge is 0.0999 e. The fourth-order valence-corrected chi connectivity index (χ4v) is 0.250. The lowest BCUT2D eigenvalue weighted by Gasteiger charge is -1.87. The highest BCUT2D eigenvalue weighted by Gasteiger charge is 1.62. The van der Waals surface area contributed by atoms with Gasteiger partial charge in [0.05, 0.1) is 6.73 Å². The van der Waals surface area contributed by atoms with E-state index in [9.17, 15) is 0 Å². The van der Waals surface area contributed by atoms with Gasteiger partial charge in [-0.05, 0) is 7.05 Å². The van der Waals surface area contributed by atoms with Crippen molar-refractivity contribution in [2.75, 3.05) is 13.8 Å². The van der Waals surface area contributed by atoms with Crippen molar-refractivity contribution in [1.82, 2.24) is 5.32 Å². The molecule has 0 aliphatic heterocycles. The molecule has 2 nitrogen and oxygen atoms in total. The molecule has 0 aliphatic carbocycles. The van der Waals surface area contributed by atoms with Gasteiger partial charge in [0.1, 0.15) is 0 Å². The average molecular weight is 93.1 g/mol. The SMILES string of the molecule is CNCOP. The molecule has 0 spiro atoms. The predicted molar refractivity (Wildman–Crippen MR) is 24.7 cm³/mol. The van der Waals surface area contributed by atoms with Crippen LogP contribution < -0.4 is 5.32 Å². The van der Waals surface area contributed by atoms with Crippen LogP contribution in [0, 0.1) is 0 Å². The fraction of sp³-hybridized carbons (Fsp3) is 1.00. The molecule has 0 heterocycles. The second-order valence-corrected chi connectivity index (χ2v) is 0.998. The Morgan fingerprint density at radius 2 is 2.60 bits per heavy atom. The second kappa shape index (κ2) is 4.35. The highest BCUT2D eigenvalue weighted by atomic mass is 31.0. The lowest BCUT2D eigenvalue weighted by molar-refractivity contribution is 0.345. The molecule has 0 rings (SSSR count). The normalized spacial score (nSPS) is 8.40. The second-order valence-electron chi connectivity index (χ2n) is 0.665. The molecular weight excluding hydrogens is 85.0 g/mol. The monoisotopic (exact) mass is 93.0 g/mol. The van der Waals surface area contributed by atoms with Gasteiger partial charge < -0.3 is 4.52 Å². The molecule has 0 bridgehead atoms. The fourth-order valence-electron chi connectivity index (χ4n) is 0.0833. The largest absolute Gasteiger partial charge is 0.351 e. The van der Waals surface area contributed by atoms with Gasteiger partial charge in [-0.25, -0.2) is 0 Å². The summed E-state index contributed by atoms with van der Waals surface area (Å²) in [6.45, 7) is 0.602. The molecule has 0 saturated heterocycles. The first kappa shape index (κ1) is 5.35. The van der Waals surface area contributed by atoms with Crippen LogP contribution in [0.1, 0.15) is 0 Å². The Morgan fingerprint density at radius 1 is 2.00 bits per heavy atom. The lowest BCUT2D eigenvalue weighted by Crippen LogP contribution is -2.05. The average Bonchev–Trinajstić information content (AvgIpc) is 1.41. The van der Waals surface area contributed by atoms with Gasteiger partial charge in [-0.15, -0.1) is 0 Å².